The molecule has 0 spiro atoms. The van der Waals surface area contributed by atoms with Crippen molar-refractivity contribution in [3.63, 3.8) is 0 Å². The van der Waals surface area contributed by atoms with Crippen molar-refractivity contribution in [2.45, 2.75) is 37.6 Å². The third kappa shape index (κ3) is 4.26. The number of anilines is 1. The van der Waals surface area contributed by atoms with Crippen LogP contribution in [0.25, 0.3) is 10.9 Å². The highest BCUT2D eigenvalue weighted by Gasteiger charge is 2.37. The molecule has 2 N–H and O–H groups in total. The Balaban J connectivity index is 1.55. The Bertz CT molecular complexity index is 1320. The van der Waals surface area contributed by atoms with Crippen molar-refractivity contribution in [2.75, 3.05) is 32.2 Å². The van der Waals surface area contributed by atoms with E-state index in [0.29, 0.717) is 25.2 Å². The van der Waals surface area contributed by atoms with E-state index in [-0.39, 0.29) is 40.6 Å². The minimum absolute atomic E-state index is 0.0103. The molecule has 1 aliphatic heterocycles. The number of carboxylic acids is 1. The zero-order valence-electron chi connectivity index (χ0n) is 19.7. The highest BCUT2D eigenvalue weighted by molar-refractivity contribution is 5.97. The van der Waals surface area contributed by atoms with Crippen LogP contribution in [0.5, 0.6) is 5.75 Å². The highest BCUT2D eigenvalue weighted by atomic mass is 19.1. The Morgan fingerprint density at radius 1 is 1.20 bits per heavy atom. The molecule has 0 radical (unpaired) electrons. The van der Waals surface area contributed by atoms with Crippen molar-refractivity contribution in [3.05, 3.63) is 69.8 Å². The molecule has 35 heavy (non-hydrogen) atoms. The highest BCUT2D eigenvalue weighted by Crippen LogP contribution is 2.44. The predicted molar refractivity (Wildman–Crippen MR) is 130 cm³/mol. The predicted octanol–water partition coefficient (Wildman–Crippen LogP) is 3.18. The molecule has 2 aromatic carbocycles. The second kappa shape index (κ2) is 9.31. The first kappa shape index (κ1) is 23.3. The van der Waals surface area contributed by atoms with E-state index in [1.54, 1.807) is 11.7 Å². The van der Waals surface area contributed by atoms with Gasteiger partial charge in [-0.05, 0) is 24.5 Å². The number of nitrogens with one attached hydrogen (secondary N) is 1. The smallest absolute Gasteiger partial charge is 0.341 e. The SMILES string of the molecule is COc1c(N2C[C@H](OC)[C@H](NCc3ccccc3)C2)c(F)cc2c(=O)c(C(=O)O)cn(C3CC3)c12. The van der Waals surface area contributed by atoms with Crippen molar-refractivity contribution in [2.24, 2.45) is 0 Å². The van der Waals surface area contributed by atoms with Crippen LogP contribution in [-0.4, -0.2) is 55.1 Å². The molecule has 2 atom stereocenters. The molecule has 1 aromatic heterocycles. The van der Waals surface area contributed by atoms with Crippen molar-refractivity contribution < 1.29 is 23.8 Å². The van der Waals surface area contributed by atoms with Gasteiger partial charge in [0.2, 0.25) is 5.43 Å². The first-order valence-corrected chi connectivity index (χ1v) is 11.7. The number of aromatic nitrogens is 1. The fourth-order valence-electron chi connectivity index (χ4n) is 4.96. The molecular weight excluding hydrogens is 453 g/mol. The van der Waals surface area contributed by atoms with Crippen LogP contribution in [0, 0.1) is 5.82 Å². The van der Waals surface area contributed by atoms with Gasteiger partial charge >= 0.3 is 5.97 Å². The first-order valence-electron chi connectivity index (χ1n) is 11.7. The Morgan fingerprint density at radius 3 is 2.57 bits per heavy atom. The summed E-state index contributed by atoms with van der Waals surface area (Å²) in [6, 6.07) is 11.1. The minimum Gasteiger partial charge on any atom is -0.492 e. The summed E-state index contributed by atoms with van der Waals surface area (Å²) in [5, 5.41) is 13.0. The molecule has 9 heteroatoms. The maximum Gasteiger partial charge on any atom is 0.341 e. The molecule has 2 aliphatic rings. The zero-order valence-corrected chi connectivity index (χ0v) is 19.7. The Hall–Kier alpha value is -3.43. The Kier molecular flexibility index (Phi) is 6.21. The van der Waals surface area contributed by atoms with Crippen molar-refractivity contribution in [3.8, 4) is 5.75 Å². The van der Waals surface area contributed by atoms with Gasteiger partial charge in [0.1, 0.15) is 11.3 Å². The molecule has 0 amide bonds. The van der Waals surface area contributed by atoms with Crippen LogP contribution in [0.15, 0.2) is 47.4 Å². The molecule has 1 aliphatic carbocycles. The number of carboxylic acid groups (broad SMARTS) is 1. The summed E-state index contributed by atoms with van der Waals surface area (Å²) in [6.45, 7) is 1.56. The molecule has 0 unspecified atom stereocenters. The number of ether oxygens (including phenoxy) is 2. The second-order valence-corrected chi connectivity index (χ2v) is 9.10. The van der Waals surface area contributed by atoms with Crippen LogP contribution in [0.2, 0.25) is 0 Å². The van der Waals surface area contributed by atoms with Gasteiger partial charge in [0.15, 0.2) is 11.6 Å². The fourth-order valence-corrected chi connectivity index (χ4v) is 4.96. The number of rotatable bonds is 8. The summed E-state index contributed by atoms with van der Waals surface area (Å²) in [5.74, 6) is -1.72. The van der Waals surface area contributed by atoms with Crippen LogP contribution in [0.1, 0.15) is 34.8 Å². The van der Waals surface area contributed by atoms with Gasteiger partial charge in [-0.1, -0.05) is 30.3 Å². The van der Waals surface area contributed by atoms with Gasteiger partial charge in [0, 0.05) is 39.0 Å². The average molecular weight is 482 g/mol. The largest absolute Gasteiger partial charge is 0.492 e. The van der Waals surface area contributed by atoms with E-state index < -0.39 is 17.2 Å². The van der Waals surface area contributed by atoms with Gasteiger partial charge < -0.3 is 29.4 Å². The summed E-state index contributed by atoms with van der Waals surface area (Å²) < 4.78 is 28.8. The van der Waals surface area contributed by atoms with Crippen LogP contribution in [0.3, 0.4) is 0 Å². The fraction of sp³-hybridized carbons (Fsp3) is 0.385. The average Bonchev–Trinajstić information content (AvgIpc) is 3.62. The third-order valence-electron chi connectivity index (χ3n) is 6.87. The number of hydrogen-bond acceptors (Lipinski definition) is 6. The molecule has 0 bridgehead atoms. The molecule has 8 nitrogen and oxygen atoms in total. The lowest BCUT2D eigenvalue weighted by Gasteiger charge is -2.24. The molecule has 184 valence electrons. The number of fused-ring (bicyclic) bond motifs is 1. The van der Waals surface area contributed by atoms with E-state index in [1.807, 2.05) is 35.2 Å². The molecule has 1 saturated carbocycles. The lowest BCUT2D eigenvalue weighted by atomic mass is 10.1. The van der Waals surface area contributed by atoms with Gasteiger partial charge in [0.25, 0.3) is 0 Å². The first-order chi connectivity index (χ1) is 16.9. The van der Waals surface area contributed by atoms with Gasteiger partial charge in [-0.25, -0.2) is 9.18 Å². The van der Waals surface area contributed by atoms with Gasteiger partial charge in [-0.3, -0.25) is 4.79 Å². The second-order valence-electron chi connectivity index (χ2n) is 9.10. The van der Waals surface area contributed by atoms with Crippen LogP contribution >= 0.6 is 0 Å². The lowest BCUT2D eigenvalue weighted by molar-refractivity contribution is 0.0694. The molecule has 1 saturated heterocycles. The number of methoxy groups -OCH3 is 2. The number of pyridine rings is 1. The quantitative estimate of drug-likeness (QED) is 0.511. The minimum atomic E-state index is -1.33. The number of hydrogen-bond donors (Lipinski definition) is 2. The molecule has 2 fully saturated rings. The third-order valence-corrected chi connectivity index (χ3v) is 6.87. The molecule has 3 aromatic rings. The van der Waals surface area contributed by atoms with E-state index in [0.717, 1.165) is 24.5 Å². The number of benzene rings is 2. The zero-order chi connectivity index (χ0) is 24.7. The summed E-state index contributed by atoms with van der Waals surface area (Å²) >= 11 is 0. The number of halogens is 1. The number of carbonyl (C=O) groups is 1. The van der Waals surface area contributed by atoms with Crippen molar-refractivity contribution >= 4 is 22.6 Å². The topological polar surface area (TPSA) is 93.0 Å². The van der Waals surface area contributed by atoms with Gasteiger partial charge in [-0.2, -0.15) is 0 Å². The normalized spacial score (nSPS) is 19.9. The maximum absolute atomic E-state index is 15.6. The summed E-state index contributed by atoms with van der Waals surface area (Å²) in [6.07, 6.45) is 2.89. The summed E-state index contributed by atoms with van der Waals surface area (Å²) in [4.78, 5) is 26.5. The summed E-state index contributed by atoms with van der Waals surface area (Å²) in [7, 11) is 3.08. The molecular formula is C26H28FN3O5. The standard InChI is InChI=1S/C26H28FN3O5/c1-34-21-14-29(13-20(21)28-11-15-6-4-3-5-7-15)23-19(27)10-17-22(25(23)35-2)30(16-8-9-16)12-18(24(17)31)26(32)33/h3-7,10,12,16,20-21,28H,8-9,11,13-14H2,1-2H3,(H,32,33)/t20-,21+/m1/s1. The Morgan fingerprint density at radius 2 is 1.94 bits per heavy atom. The van der Waals surface area contributed by atoms with Crippen LogP contribution in [-0.2, 0) is 11.3 Å². The van der Waals surface area contributed by atoms with E-state index in [4.69, 9.17) is 9.47 Å². The van der Waals surface area contributed by atoms with E-state index in [1.165, 1.54) is 13.3 Å². The molecule has 5 rings (SSSR count). The van der Waals surface area contributed by atoms with Crippen molar-refractivity contribution in [1.29, 1.82) is 0 Å². The van der Waals surface area contributed by atoms with E-state index >= 15 is 4.39 Å². The van der Waals surface area contributed by atoms with Crippen LogP contribution in [0.4, 0.5) is 10.1 Å². The monoisotopic (exact) mass is 481 g/mol. The van der Waals surface area contributed by atoms with Crippen LogP contribution < -0.4 is 20.4 Å². The lowest BCUT2D eigenvalue weighted by Crippen LogP contribution is -2.39. The molecule has 2 heterocycles. The maximum atomic E-state index is 15.6. The number of nitrogens with zero attached hydrogens (tertiary/aromatic N) is 2. The van der Waals surface area contributed by atoms with E-state index in [9.17, 15) is 14.7 Å². The summed E-state index contributed by atoms with van der Waals surface area (Å²) in [5.41, 5.74) is 0.730. The van der Waals surface area contributed by atoms with E-state index in [2.05, 4.69) is 5.32 Å². The van der Waals surface area contributed by atoms with Gasteiger partial charge in [-0.15, -0.1) is 0 Å². The van der Waals surface area contributed by atoms with Crippen molar-refractivity contribution in [1.82, 2.24) is 9.88 Å². The number of aromatic carboxylic acids is 1. The Labute approximate surface area is 201 Å². The van der Waals surface area contributed by atoms with Gasteiger partial charge in [0.05, 0.1) is 30.2 Å².